The van der Waals surface area contributed by atoms with Crippen LogP contribution in [0.2, 0.25) is 0 Å². The summed E-state index contributed by atoms with van der Waals surface area (Å²) in [6.45, 7) is 10.8. The molecule has 0 spiro atoms. The molecule has 228 valence electrons. The molecule has 3 aromatic heterocycles. The lowest BCUT2D eigenvalue weighted by molar-refractivity contribution is -0.128. The van der Waals surface area contributed by atoms with Crippen LogP contribution in [0.5, 0.6) is 5.75 Å². The third-order valence-corrected chi connectivity index (χ3v) is 8.30. The lowest BCUT2D eigenvalue weighted by Gasteiger charge is -2.40. The molecule has 2 bridgehead atoms. The third kappa shape index (κ3) is 5.10. The molecule has 6 rings (SSSR count). The highest BCUT2D eigenvalue weighted by atomic mass is 19.1. The highest BCUT2D eigenvalue weighted by Gasteiger charge is 2.31. The number of carbonyl (C=O) groups is 1. The van der Waals surface area contributed by atoms with E-state index in [2.05, 4.69) is 16.5 Å². The highest BCUT2D eigenvalue weighted by Crippen LogP contribution is 2.37. The summed E-state index contributed by atoms with van der Waals surface area (Å²) in [7, 11) is 0. The van der Waals surface area contributed by atoms with Crippen LogP contribution >= 0.6 is 0 Å². The van der Waals surface area contributed by atoms with E-state index in [4.69, 9.17) is 9.72 Å². The topological polar surface area (TPSA) is 93.5 Å². The molecule has 2 aliphatic rings. The number of anilines is 1. The summed E-state index contributed by atoms with van der Waals surface area (Å²) >= 11 is 0. The van der Waals surface area contributed by atoms with E-state index < -0.39 is 17.3 Å². The maximum atomic E-state index is 16.2. The normalized spacial score (nSPS) is 16.9. The zero-order valence-electron chi connectivity index (χ0n) is 25.0. The summed E-state index contributed by atoms with van der Waals surface area (Å²) in [5.74, 6) is -1.28. The maximum Gasteiger partial charge on any atom is 0.355 e. The Kier molecular flexibility index (Phi) is 7.87. The number of piperazine rings is 1. The Labute approximate surface area is 253 Å². The van der Waals surface area contributed by atoms with Gasteiger partial charge in [0, 0.05) is 31.9 Å². The molecule has 0 saturated carbocycles. The van der Waals surface area contributed by atoms with Crippen molar-refractivity contribution in [2.24, 2.45) is 0 Å². The van der Waals surface area contributed by atoms with Gasteiger partial charge in [0.15, 0.2) is 11.5 Å². The van der Waals surface area contributed by atoms with Crippen LogP contribution in [0.3, 0.4) is 0 Å². The summed E-state index contributed by atoms with van der Waals surface area (Å²) in [6.07, 6.45) is 5.01. The Hall–Kier alpha value is -4.67. The first-order chi connectivity index (χ1) is 21.2. The van der Waals surface area contributed by atoms with Gasteiger partial charge >= 0.3 is 5.69 Å². The zero-order chi connectivity index (χ0) is 31.1. The number of halogens is 2. The van der Waals surface area contributed by atoms with Gasteiger partial charge in [-0.05, 0) is 68.0 Å². The first kappa shape index (κ1) is 29.4. The quantitative estimate of drug-likeness (QED) is 0.299. The number of ether oxygens (including phenoxy) is 1. The van der Waals surface area contributed by atoms with Crippen molar-refractivity contribution in [1.29, 1.82) is 0 Å². The van der Waals surface area contributed by atoms with Gasteiger partial charge in [-0.1, -0.05) is 26.5 Å². The van der Waals surface area contributed by atoms with Gasteiger partial charge in [-0.25, -0.2) is 23.1 Å². The summed E-state index contributed by atoms with van der Waals surface area (Å²) in [5, 5.41) is 0.291. The fourth-order valence-electron chi connectivity index (χ4n) is 6.17. The lowest BCUT2D eigenvalue weighted by atomic mass is 10.00. The van der Waals surface area contributed by atoms with Gasteiger partial charge in [0.25, 0.3) is 0 Å². The minimum Gasteiger partial charge on any atom is -0.493 e. The molecule has 0 radical (unpaired) electrons. The number of hydrogen-bond acceptors (Lipinski definition) is 7. The molecule has 1 saturated heterocycles. The molecule has 44 heavy (non-hydrogen) atoms. The zero-order valence-corrected chi connectivity index (χ0v) is 25.0. The number of hydrogen-bond donors (Lipinski definition) is 0. The monoisotopic (exact) mass is 600 g/mol. The van der Waals surface area contributed by atoms with Crippen LogP contribution in [0.4, 0.5) is 14.6 Å². The maximum absolute atomic E-state index is 16.2. The molecular formula is C33H34F2N6O3. The van der Waals surface area contributed by atoms with Crippen LogP contribution in [-0.4, -0.2) is 62.6 Å². The van der Waals surface area contributed by atoms with Crippen molar-refractivity contribution in [2.45, 2.75) is 52.0 Å². The van der Waals surface area contributed by atoms with Crippen molar-refractivity contribution >= 4 is 22.8 Å². The van der Waals surface area contributed by atoms with Gasteiger partial charge in [-0.2, -0.15) is 4.98 Å². The Morgan fingerprint density at radius 1 is 1.14 bits per heavy atom. The van der Waals surface area contributed by atoms with Crippen molar-refractivity contribution in [3.63, 3.8) is 0 Å². The predicted octanol–water partition coefficient (Wildman–Crippen LogP) is 5.18. The molecule has 2 aliphatic heterocycles. The number of benzene rings is 1. The number of nitrogens with zero attached hydrogens (tertiary/aromatic N) is 6. The van der Waals surface area contributed by atoms with Crippen LogP contribution in [0.15, 0.2) is 54.0 Å². The number of pyridine rings is 2. The van der Waals surface area contributed by atoms with E-state index in [9.17, 15) is 9.59 Å². The van der Waals surface area contributed by atoms with E-state index in [-0.39, 0.29) is 46.3 Å². The second-order valence-electron chi connectivity index (χ2n) is 11.6. The standard InChI is InChI=1S/C33H34F2N6O3/c1-5-26(42)40-15-14-39(18-20(40)4)31-22-17-24(35)29-27-23(34)10-8-11-25(27)44-16-7-6-9-21-12-13-36-28(19(2)3)30(21)41(32(22)37-29)33(43)38-31/h5,8,10-13,17,19-20H,1,6-7,9,14-16,18H2,2-4H3/t20-/m1/s1. The van der Waals surface area contributed by atoms with E-state index in [1.807, 2.05) is 31.7 Å². The van der Waals surface area contributed by atoms with Gasteiger partial charge in [-0.15, -0.1) is 0 Å². The molecule has 5 heterocycles. The van der Waals surface area contributed by atoms with Crippen molar-refractivity contribution in [1.82, 2.24) is 24.4 Å². The van der Waals surface area contributed by atoms with E-state index in [0.29, 0.717) is 55.9 Å². The average molecular weight is 601 g/mol. The Morgan fingerprint density at radius 2 is 1.95 bits per heavy atom. The largest absolute Gasteiger partial charge is 0.493 e. The number of aryl methyl sites for hydroxylation is 1. The summed E-state index contributed by atoms with van der Waals surface area (Å²) in [5.41, 5.74) is 1.28. The van der Waals surface area contributed by atoms with E-state index >= 15 is 8.78 Å². The number of fused-ring (bicyclic) bond motifs is 5. The molecular weight excluding hydrogens is 566 g/mol. The van der Waals surface area contributed by atoms with E-state index in [0.717, 1.165) is 12.0 Å². The van der Waals surface area contributed by atoms with Crippen LogP contribution < -0.4 is 15.3 Å². The van der Waals surface area contributed by atoms with Gasteiger partial charge in [0.1, 0.15) is 23.1 Å². The smallest absolute Gasteiger partial charge is 0.355 e. The number of rotatable bonds is 3. The van der Waals surface area contributed by atoms with E-state index in [1.165, 1.54) is 28.8 Å². The highest BCUT2D eigenvalue weighted by molar-refractivity contribution is 5.91. The molecule has 1 fully saturated rings. The molecule has 0 unspecified atom stereocenters. The minimum absolute atomic E-state index is 0.0555. The molecule has 1 atom stereocenters. The molecule has 9 nitrogen and oxygen atoms in total. The summed E-state index contributed by atoms with van der Waals surface area (Å²) in [6, 6.07) is 7.26. The van der Waals surface area contributed by atoms with E-state index in [1.54, 1.807) is 17.2 Å². The van der Waals surface area contributed by atoms with Crippen LogP contribution in [0, 0.1) is 11.6 Å². The first-order valence-corrected chi connectivity index (χ1v) is 14.9. The Morgan fingerprint density at radius 3 is 2.70 bits per heavy atom. The molecule has 11 heteroatoms. The molecule has 1 aromatic carbocycles. The lowest BCUT2D eigenvalue weighted by Crippen LogP contribution is -2.54. The number of aromatic nitrogens is 4. The van der Waals surface area contributed by atoms with Crippen molar-refractivity contribution in [3.05, 3.63) is 82.6 Å². The third-order valence-electron chi connectivity index (χ3n) is 8.30. The average Bonchev–Trinajstić information content (AvgIpc) is 3.01. The molecule has 1 amide bonds. The Balaban J connectivity index is 1.67. The second-order valence-corrected chi connectivity index (χ2v) is 11.6. The number of amides is 1. The predicted molar refractivity (Wildman–Crippen MR) is 164 cm³/mol. The van der Waals surface area contributed by atoms with Crippen molar-refractivity contribution in [3.8, 4) is 22.7 Å². The van der Waals surface area contributed by atoms with Gasteiger partial charge in [0.05, 0.1) is 28.9 Å². The second kappa shape index (κ2) is 11.8. The van der Waals surface area contributed by atoms with Crippen LogP contribution in [-0.2, 0) is 11.2 Å². The molecule has 0 aliphatic carbocycles. The fraction of sp³-hybridized carbons (Fsp3) is 0.364. The van der Waals surface area contributed by atoms with Gasteiger partial charge < -0.3 is 14.5 Å². The van der Waals surface area contributed by atoms with Crippen LogP contribution in [0.1, 0.15) is 50.8 Å². The first-order valence-electron chi connectivity index (χ1n) is 14.9. The molecule has 4 aromatic rings. The Bertz CT molecular complexity index is 1840. The van der Waals surface area contributed by atoms with Crippen molar-refractivity contribution < 1.29 is 18.3 Å². The minimum atomic E-state index is -0.778. The SMILES string of the molecule is C=CC(=O)N1CCN(c2nc(=O)n3c4nc(c(F)cc24)-c2c(F)cccc2OCCCCc2ccnc(C(C)C)c2-3)C[C@H]1C. The number of carbonyl (C=O) groups excluding carboxylic acids is 1. The van der Waals surface area contributed by atoms with Crippen LogP contribution in [0.25, 0.3) is 28.0 Å². The molecule has 0 N–H and O–H groups in total. The summed E-state index contributed by atoms with van der Waals surface area (Å²) < 4.78 is 39.0. The van der Waals surface area contributed by atoms with Gasteiger partial charge in [-0.3, -0.25) is 9.78 Å². The summed E-state index contributed by atoms with van der Waals surface area (Å²) in [4.78, 5) is 44.0. The fourth-order valence-corrected chi connectivity index (χ4v) is 6.17. The van der Waals surface area contributed by atoms with Crippen molar-refractivity contribution in [2.75, 3.05) is 31.1 Å². The van der Waals surface area contributed by atoms with Gasteiger partial charge in [0.2, 0.25) is 5.91 Å².